The van der Waals surface area contributed by atoms with Crippen LogP contribution in [-0.2, 0) is 113 Å². The third kappa shape index (κ3) is 12.8. The van der Waals surface area contributed by atoms with E-state index in [1.165, 1.54) is 20.8 Å². The van der Waals surface area contributed by atoms with Crippen molar-refractivity contribution >= 4 is 5.91 Å². The number of ether oxygens (including phenoxy) is 9. The van der Waals surface area contributed by atoms with Gasteiger partial charge < -0.3 is 114 Å². The fourth-order valence-electron chi connectivity index (χ4n) is 8.37. The predicted molar refractivity (Wildman–Crippen MR) is 197 cm³/mol. The van der Waals surface area contributed by atoms with Crippen LogP contribution >= 0.6 is 0 Å². The molecule has 14 N–H and O–H groups in total. The number of aliphatic hydroxyl groups excluding tert-OH is 13. The summed E-state index contributed by atoms with van der Waals surface area (Å²) >= 11 is 0. The number of hydrogen-bond acceptors (Lipinski definition) is 23. The van der Waals surface area contributed by atoms with Gasteiger partial charge >= 0.3 is 0 Å². The first-order chi connectivity index (χ1) is 28.6. The minimum atomic E-state index is -1.96. The van der Waals surface area contributed by atoms with Gasteiger partial charge in [0.25, 0.3) is 0 Å². The molecule has 0 bridgehead atoms. The van der Waals surface area contributed by atoms with Gasteiger partial charge in [-0.2, -0.15) is 0 Å². The molecular formula is C37H65NO23Y2. The second kappa shape index (κ2) is 24.6. The van der Waals surface area contributed by atoms with Gasteiger partial charge in [0.05, 0.1) is 50.8 Å². The van der Waals surface area contributed by atoms with Gasteiger partial charge in [-0.1, -0.05) is 27.7 Å². The number of hydrogen-bond donors (Lipinski definition) is 14. The Morgan fingerprint density at radius 2 is 0.921 bits per heavy atom. The molecule has 0 aromatic carbocycles. The molecule has 25 atom stereocenters. The monoisotopic (exact) mass is 1070 g/mol. The molecule has 5 aliphatic heterocycles. The summed E-state index contributed by atoms with van der Waals surface area (Å²) < 4.78 is 53.5. The Labute approximate surface area is 414 Å². The molecule has 2 radical (unpaired) electrons. The van der Waals surface area contributed by atoms with Crippen LogP contribution in [0.4, 0.5) is 0 Å². The second-order valence-electron chi connectivity index (χ2n) is 17.4. The van der Waals surface area contributed by atoms with Gasteiger partial charge in [0.2, 0.25) is 5.91 Å². The van der Waals surface area contributed by atoms with E-state index in [9.17, 15) is 71.2 Å². The van der Waals surface area contributed by atoms with Crippen LogP contribution in [0.1, 0.15) is 41.5 Å². The standard InChI is InChI=1S/C37H65NO23.2Y/c1-11-28(58-34-25(50)23(48)19(44)12(2)53-34)30(60-35-26(51)24(49)20(45)14(7-39)55-35)17(10-42)57-33(11)61-31-21(46)15(8-40)56-36(27(31)52)59-29-16(9-41)54-32(37(4,5)6)18(22(29)47)38-13(3)43;;/h11-12,14-36,39-42,44-52H,7-10H2,1-6H3,(H,38,43);;/t11?,12?,14?,15?,16?,17?,18?,19-,20+,21+,22-,23?,24+,25-,26?,27?,28-,29-,30-,31+,32-,33+,34+,35+,36+;;/m1../s1. The van der Waals surface area contributed by atoms with Crippen LogP contribution in [0.5, 0.6) is 0 Å². The third-order valence-electron chi connectivity index (χ3n) is 11.9. The average molecular weight is 1070 g/mol. The SMILES string of the molecule is CC(=O)NC1[C@@H](O)[C@H](O[C@@H]2OC(CO)[C@H](O)[C@H](O[C@@H]3OC(CO)[C@@H](O[C@@H]4OC(CO)[C@H](O)[C@H](O)C4O)[C@H](O[C@@H]4OC(C)[C@@H](O)C(O)[C@H]4O)C3C)C2O)C(CO)O[C@H]1C(C)(C)C.[Y].[Y]. The molecule has 5 saturated heterocycles. The van der Waals surface area contributed by atoms with Crippen molar-refractivity contribution in [2.75, 3.05) is 26.4 Å². The Morgan fingerprint density at radius 3 is 1.44 bits per heavy atom. The summed E-state index contributed by atoms with van der Waals surface area (Å²) in [5, 5.41) is 142. The van der Waals surface area contributed by atoms with Crippen LogP contribution in [0.25, 0.3) is 0 Å². The van der Waals surface area contributed by atoms with Gasteiger partial charge in [0.15, 0.2) is 25.2 Å². The summed E-state index contributed by atoms with van der Waals surface area (Å²) in [6.45, 7) is 6.22. The van der Waals surface area contributed by atoms with Crippen molar-refractivity contribution < 1.29 is 179 Å². The van der Waals surface area contributed by atoms with Crippen LogP contribution in [-0.4, -0.2) is 246 Å². The molecule has 0 aromatic rings. The second-order valence-corrected chi connectivity index (χ2v) is 17.4. The molecular weight excluding hydrogens is 1000 g/mol. The largest absolute Gasteiger partial charge is 0.394 e. The van der Waals surface area contributed by atoms with Crippen molar-refractivity contribution in [1.29, 1.82) is 0 Å². The van der Waals surface area contributed by atoms with Gasteiger partial charge in [0, 0.05) is 78.3 Å². The summed E-state index contributed by atoms with van der Waals surface area (Å²) in [6.07, 6.45) is -36.8. The maximum absolute atomic E-state index is 12.2. The molecule has 5 fully saturated rings. The van der Waals surface area contributed by atoms with E-state index in [-0.39, 0.29) is 65.4 Å². The summed E-state index contributed by atoms with van der Waals surface area (Å²) in [5.41, 5.74) is -0.664. The third-order valence-corrected chi connectivity index (χ3v) is 11.9. The average Bonchev–Trinajstić information content (AvgIpc) is 3.21. The molecule has 5 heterocycles. The first-order valence-corrected chi connectivity index (χ1v) is 20.3. The van der Waals surface area contributed by atoms with Crippen molar-refractivity contribution in [3.8, 4) is 0 Å². The minimum Gasteiger partial charge on any atom is -0.394 e. The molecule has 5 rings (SSSR count). The molecule has 0 aromatic heterocycles. The van der Waals surface area contributed by atoms with Crippen LogP contribution in [0.2, 0.25) is 0 Å². The molecule has 26 heteroatoms. The van der Waals surface area contributed by atoms with E-state index in [2.05, 4.69) is 5.32 Å². The number of rotatable bonds is 13. The van der Waals surface area contributed by atoms with Crippen molar-refractivity contribution in [3.63, 3.8) is 0 Å². The summed E-state index contributed by atoms with van der Waals surface area (Å²) in [4.78, 5) is 12.2. The van der Waals surface area contributed by atoms with E-state index in [4.69, 9.17) is 42.6 Å². The number of nitrogens with one attached hydrogen (secondary N) is 1. The first-order valence-electron chi connectivity index (χ1n) is 20.3. The minimum absolute atomic E-state index is 0. The Balaban J connectivity index is 0.00000528. The number of aliphatic hydroxyl groups is 13. The van der Waals surface area contributed by atoms with Crippen molar-refractivity contribution in [3.05, 3.63) is 0 Å². The summed E-state index contributed by atoms with van der Waals surface area (Å²) in [5.74, 6) is -1.67. The van der Waals surface area contributed by atoms with E-state index in [0.717, 1.165) is 0 Å². The molecule has 10 unspecified atom stereocenters. The Hall–Kier alpha value is 0.798. The Kier molecular flexibility index (Phi) is 22.7. The topological polar surface area (TPSA) is 375 Å². The summed E-state index contributed by atoms with van der Waals surface area (Å²) in [7, 11) is 0. The van der Waals surface area contributed by atoms with E-state index < -0.39 is 191 Å². The fraction of sp³-hybridized carbons (Fsp3) is 0.973. The smallest absolute Gasteiger partial charge is 0.217 e. The van der Waals surface area contributed by atoms with E-state index in [0.29, 0.717) is 0 Å². The first kappa shape index (κ1) is 58.1. The number of carbonyl (C=O) groups is 1. The van der Waals surface area contributed by atoms with Gasteiger partial charge in [-0.3, -0.25) is 4.79 Å². The fourth-order valence-corrected chi connectivity index (χ4v) is 8.37. The van der Waals surface area contributed by atoms with Gasteiger partial charge in [-0.05, 0) is 12.3 Å². The molecule has 0 saturated carbocycles. The Morgan fingerprint density at radius 1 is 0.492 bits per heavy atom. The number of carbonyl (C=O) groups excluding carboxylic acids is 1. The van der Waals surface area contributed by atoms with E-state index >= 15 is 0 Å². The van der Waals surface area contributed by atoms with Crippen molar-refractivity contribution in [2.24, 2.45) is 11.3 Å². The maximum Gasteiger partial charge on any atom is 0.217 e. The van der Waals surface area contributed by atoms with Crippen LogP contribution in [0.3, 0.4) is 0 Å². The molecule has 63 heavy (non-hydrogen) atoms. The molecule has 0 spiro atoms. The van der Waals surface area contributed by atoms with Gasteiger partial charge in [0.1, 0.15) is 97.7 Å². The van der Waals surface area contributed by atoms with Crippen LogP contribution < -0.4 is 5.32 Å². The van der Waals surface area contributed by atoms with Crippen molar-refractivity contribution in [1.82, 2.24) is 5.32 Å². The Bertz CT molecular complexity index is 1410. The predicted octanol–water partition coefficient (Wildman–Crippen LogP) is -7.39. The quantitative estimate of drug-likeness (QED) is 0.0815. The molecule has 5 aliphatic rings. The summed E-state index contributed by atoms with van der Waals surface area (Å²) in [6, 6.07) is -1.07. The molecule has 1 amide bonds. The molecule has 362 valence electrons. The normalized spacial score (nSPS) is 48.4. The van der Waals surface area contributed by atoms with Crippen molar-refractivity contribution in [2.45, 2.75) is 189 Å². The van der Waals surface area contributed by atoms with E-state index in [1.807, 2.05) is 0 Å². The number of amides is 1. The zero-order valence-electron chi connectivity index (χ0n) is 35.8. The van der Waals surface area contributed by atoms with Gasteiger partial charge in [-0.25, -0.2) is 0 Å². The van der Waals surface area contributed by atoms with E-state index in [1.54, 1.807) is 20.8 Å². The molecule has 0 aliphatic carbocycles. The van der Waals surface area contributed by atoms with Crippen LogP contribution in [0, 0.1) is 11.3 Å². The maximum atomic E-state index is 12.2. The zero-order chi connectivity index (χ0) is 45.4. The zero-order valence-corrected chi connectivity index (χ0v) is 41.5. The van der Waals surface area contributed by atoms with Gasteiger partial charge in [-0.15, -0.1) is 0 Å². The van der Waals surface area contributed by atoms with Crippen LogP contribution in [0.15, 0.2) is 0 Å². The molecule has 24 nitrogen and oxygen atoms in total.